The van der Waals surface area contributed by atoms with Crippen molar-refractivity contribution in [2.24, 2.45) is 46.3 Å². The first kappa shape index (κ1) is 17.2. The zero-order valence-corrected chi connectivity index (χ0v) is 18.0. The summed E-state index contributed by atoms with van der Waals surface area (Å²) < 4.78 is 6.79. The van der Waals surface area contributed by atoms with Crippen LogP contribution in [-0.2, 0) is 4.43 Å². The number of rotatable bonds is 4. The molecule has 7 aliphatic rings. The third-order valence-corrected chi connectivity index (χ3v) is 14.7. The van der Waals surface area contributed by atoms with Crippen molar-refractivity contribution in [3.05, 3.63) is 0 Å². The van der Waals surface area contributed by atoms with Crippen molar-refractivity contribution in [3.63, 3.8) is 0 Å². The Morgan fingerprint density at radius 3 is 1.48 bits per heavy atom. The molecule has 8 bridgehead atoms. The second-order valence-electron chi connectivity index (χ2n) is 12.4. The second-order valence-corrected chi connectivity index (χ2v) is 17.2. The first-order chi connectivity index (χ1) is 11.6. The Kier molecular flexibility index (Phi) is 3.41. The maximum absolute atomic E-state index is 10.1. The van der Waals surface area contributed by atoms with Gasteiger partial charge in [0.05, 0.1) is 0 Å². The topological polar surface area (TPSA) is 29.5 Å². The molecule has 0 aromatic carbocycles. The van der Waals surface area contributed by atoms with E-state index in [4.69, 9.17) is 4.43 Å². The van der Waals surface area contributed by atoms with Gasteiger partial charge < -0.3 is 9.53 Å². The summed E-state index contributed by atoms with van der Waals surface area (Å²) in [4.78, 5) is 0. The lowest BCUT2D eigenvalue weighted by Gasteiger charge is -2.75. The van der Waals surface area contributed by atoms with Crippen molar-refractivity contribution in [2.75, 3.05) is 13.2 Å². The van der Waals surface area contributed by atoms with Crippen LogP contribution >= 0.6 is 0 Å². The molecule has 0 spiro atoms. The minimum atomic E-state index is -1.64. The Morgan fingerprint density at radius 1 is 0.800 bits per heavy atom. The molecule has 7 aliphatic carbocycles. The Hall–Kier alpha value is 0.137. The summed E-state index contributed by atoms with van der Waals surface area (Å²) in [5.41, 5.74) is 0.841. The summed E-state index contributed by atoms with van der Waals surface area (Å²) >= 11 is 0. The highest BCUT2D eigenvalue weighted by Crippen LogP contribution is 2.76. The zero-order chi connectivity index (χ0) is 17.8. The van der Waals surface area contributed by atoms with Gasteiger partial charge >= 0.3 is 0 Å². The van der Waals surface area contributed by atoms with Crippen molar-refractivity contribution in [3.8, 4) is 0 Å². The van der Waals surface area contributed by atoms with Gasteiger partial charge in [-0.05, 0) is 103 Å². The molecule has 0 amide bonds. The predicted octanol–water partition coefficient (Wildman–Crippen LogP) is 5.08. The van der Waals surface area contributed by atoms with Crippen LogP contribution in [0.4, 0.5) is 0 Å². The van der Waals surface area contributed by atoms with Crippen LogP contribution in [0.2, 0.25) is 18.1 Å². The van der Waals surface area contributed by atoms with E-state index in [0.29, 0.717) is 22.5 Å². The first-order valence-corrected chi connectivity index (χ1v) is 13.7. The first-order valence-electron chi connectivity index (χ1n) is 10.8. The van der Waals surface area contributed by atoms with Gasteiger partial charge in [0.15, 0.2) is 8.32 Å². The summed E-state index contributed by atoms with van der Waals surface area (Å²) in [6, 6.07) is 0. The zero-order valence-electron chi connectivity index (χ0n) is 17.0. The fraction of sp³-hybridized carbons (Fsp3) is 1.00. The van der Waals surface area contributed by atoms with Gasteiger partial charge in [-0.3, -0.25) is 0 Å². The molecule has 7 rings (SSSR count). The Morgan fingerprint density at radius 2 is 1.16 bits per heavy atom. The Balaban J connectivity index is 1.38. The highest BCUT2D eigenvalue weighted by molar-refractivity contribution is 6.74. The van der Waals surface area contributed by atoms with Gasteiger partial charge in [-0.2, -0.15) is 0 Å². The highest BCUT2D eigenvalue weighted by atomic mass is 28.4. The van der Waals surface area contributed by atoms with E-state index in [1.807, 2.05) is 0 Å². The minimum absolute atomic E-state index is 0.320. The smallest absolute Gasteiger partial charge is 0.192 e. The second kappa shape index (κ2) is 4.94. The Bertz CT molecular complexity index is 512. The highest BCUT2D eigenvalue weighted by Gasteiger charge is 2.70. The monoisotopic (exact) mass is 362 g/mol. The lowest BCUT2D eigenvalue weighted by molar-refractivity contribution is -0.266. The van der Waals surface area contributed by atoms with Gasteiger partial charge in [-0.15, -0.1) is 0 Å². The van der Waals surface area contributed by atoms with Crippen molar-refractivity contribution >= 4 is 8.32 Å². The third-order valence-electron chi connectivity index (χ3n) is 10.2. The van der Waals surface area contributed by atoms with Crippen LogP contribution in [0.1, 0.15) is 59.3 Å². The number of aliphatic hydroxyl groups is 1. The molecule has 0 aromatic rings. The molecule has 0 atom stereocenters. The van der Waals surface area contributed by atoms with E-state index < -0.39 is 8.32 Å². The molecule has 7 saturated carbocycles. The van der Waals surface area contributed by atoms with E-state index in [1.54, 1.807) is 0 Å². The van der Waals surface area contributed by atoms with Crippen LogP contribution in [0.3, 0.4) is 0 Å². The molecule has 3 heteroatoms. The Labute approximate surface area is 155 Å². The average Bonchev–Trinajstić information content (AvgIpc) is 2.56. The van der Waals surface area contributed by atoms with E-state index in [-0.39, 0.29) is 0 Å². The molecular formula is C22H38O2Si. The van der Waals surface area contributed by atoms with Gasteiger partial charge in [-0.1, -0.05) is 20.8 Å². The number of hydrogen-bond acceptors (Lipinski definition) is 2. The quantitative estimate of drug-likeness (QED) is 0.707. The molecule has 0 saturated heterocycles. The maximum Gasteiger partial charge on any atom is 0.192 e. The fourth-order valence-corrected chi connectivity index (χ4v) is 9.24. The van der Waals surface area contributed by atoms with Gasteiger partial charge in [0.2, 0.25) is 0 Å². The van der Waals surface area contributed by atoms with Crippen LogP contribution in [0, 0.1) is 46.3 Å². The summed E-state index contributed by atoms with van der Waals surface area (Å²) in [6.45, 7) is 13.4. The molecule has 7 fully saturated rings. The summed E-state index contributed by atoms with van der Waals surface area (Å²) in [7, 11) is -1.64. The van der Waals surface area contributed by atoms with Gasteiger partial charge in [0.25, 0.3) is 0 Å². The SMILES string of the molecule is CC(C)(C)[Si](C)(C)OCC12CC3C4CC5(CO)CC3C(C1)C(C5)C4C2. The van der Waals surface area contributed by atoms with Crippen LogP contribution in [-0.4, -0.2) is 26.6 Å². The van der Waals surface area contributed by atoms with Crippen LogP contribution in [0.15, 0.2) is 0 Å². The third kappa shape index (κ3) is 2.21. The lowest BCUT2D eigenvalue weighted by atomic mass is 9.30. The van der Waals surface area contributed by atoms with Crippen LogP contribution < -0.4 is 0 Å². The fourth-order valence-electron chi connectivity index (χ4n) is 8.14. The molecular weight excluding hydrogens is 324 g/mol. The summed E-state index contributed by atoms with van der Waals surface area (Å²) in [5, 5.41) is 10.4. The molecule has 0 aliphatic heterocycles. The van der Waals surface area contributed by atoms with Crippen LogP contribution in [0.5, 0.6) is 0 Å². The van der Waals surface area contributed by atoms with Gasteiger partial charge in [0, 0.05) is 13.2 Å². The van der Waals surface area contributed by atoms with Gasteiger partial charge in [0.1, 0.15) is 0 Å². The standard InChI is InChI=1S/C22H38O2Si/c1-20(2,3)25(4,5)24-13-22-9-17-14-6-21(12-23)7-15(17)19(11-22)16(8-21)18(14)10-22/h14-19,23H,6-13H2,1-5H3. The largest absolute Gasteiger partial charge is 0.416 e. The normalized spacial score (nSPS) is 53.0. The molecule has 142 valence electrons. The minimum Gasteiger partial charge on any atom is -0.416 e. The maximum atomic E-state index is 10.1. The van der Waals surface area contributed by atoms with E-state index in [1.165, 1.54) is 38.5 Å². The molecule has 2 nitrogen and oxygen atoms in total. The molecule has 0 heterocycles. The van der Waals surface area contributed by atoms with Crippen molar-refractivity contribution in [1.82, 2.24) is 0 Å². The summed E-state index contributed by atoms with van der Waals surface area (Å²) in [5.74, 6) is 5.75. The number of aliphatic hydroxyl groups excluding tert-OH is 1. The average molecular weight is 363 g/mol. The van der Waals surface area contributed by atoms with E-state index in [9.17, 15) is 5.11 Å². The molecule has 0 radical (unpaired) electrons. The van der Waals surface area contributed by atoms with Crippen molar-refractivity contribution in [1.29, 1.82) is 0 Å². The molecule has 1 N–H and O–H groups in total. The van der Waals surface area contributed by atoms with E-state index >= 15 is 0 Å². The number of hydrogen-bond donors (Lipinski definition) is 1. The van der Waals surface area contributed by atoms with E-state index in [2.05, 4.69) is 33.9 Å². The molecule has 0 aromatic heterocycles. The molecule has 0 unspecified atom stereocenters. The molecule has 25 heavy (non-hydrogen) atoms. The van der Waals surface area contributed by atoms with Crippen molar-refractivity contribution in [2.45, 2.75) is 77.4 Å². The lowest BCUT2D eigenvalue weighted by Crippen LogP contribution is -2.69. The summed E-state index contributed by atoms with van der Waals surface area (Å²) in [6.07, 6.45) is 8.36. The van der Waals surface area contributed by atoms with Gasteiger partial charge in [-0.25, -0.2) is 0 Å². The predicted molar refractivity (Wildman–Crippen MR) is 104 cm³/mol. The van der Waals surface area contributed by atoms with Crippen LogP contribution in [0.25, 0.3) is 0 Å². The van der Waals surface area contributed by atoms with Crippen molar-refractivity contribution < 1.29 is 9.53 Å². The van der Waals surface area contributed by atoms with E-state index in [0.717, 1.165) is 42.1 Å².